The molecule has 0 aliphatic carbocycles. The summed E-state index contributed by atoms with van der Waals surface area (Å²) in [5.41, 5.74) is 2.21. The van der Waals surface area contributed by atoms with Crippen LogP contribution in [-0.2, 0) is 16.6 Å². The number of aromatic nitrogens is 1. The van der Waals surface area contributed by atoms with E-state index >= 15 is 0 Å². The SMILES string of the molecule is CCN(CCCNCc1ncccc1C)S(C)(=O)=O. The van der Waals surface area contributed by atoms with Crippen LogP contribution in [-0.4, -0.2) is 43.6 Å². The standard InChI is InChI=1S/C13H23N3O2S/c1-4-16(19(3,17)18)10-6-8-14-11-13-12(2)7-5-9-15-13/h5,7,9,14H,4,6,8,10-11H2,1-3H3. The van der Waals surface area contributed by atoms with E-state index in [-0.39, 0.29) is 0 Å². The summed E-state index contributed by atoms with van der Waals surface area (Å²) < 4.78 is 24.3. The van der Waals surface area contributed by atoms with Gasteiger partial charge in [0.05, 0.1) is 11.9 Å². The van der Waals surface area contributed by atoms with Gasteiger partial charge in [0.1, 0.15) is 0 Å². The lowest BCUT2D eigenvalue weighted by molar-refractivity contribution is 0.419. The highest BCUT2D eigenvalue weighted by Crippen LogP contribution is 2.02. The predicted octanol–water partition coefficient (Wildman–Crippen LogP) is 1.15. The lowest BCUT2D eigenvalue weighted by Crippen LogP contribution is -2.32. The van der Waals surface area contributed by atoms with Crippen LogP contribution >= 0.6 is 0 Å². The number of aryl methyl sites for hydroxylation is 1. The van der Waals surface area contributed by atoms with Gasteiger partial charge < -0.3 is 5.32 Å². The minimum Gasteiger partial charge on any atom is -0.311 e. The lowest BCUT2D eigenvalue weighted by Gasteiger charge is -2.17. The zero-order valence-electron chi connectivity index (χ0n) is 11.9. The second-order valence-corrected chi connectivity index (χ2v) is 6.53. The number of hydrogen-bond acceptors (Lipinski definition) is 4. The Balaban J connectivity index is 2.27. The summed E-state index contributed by atoms with van der Waals surface area (Å²) in [6, 6.07) is 3.95. The molecule has 1 heterocycles. The molecule has 0 bridgehead atoms. The van der Waals surface area contributed by atoms with E-state index in [2.05, 4.69) is 10.3 Å². The summed E-state index contributed by atoms with van der Waals surface area (Å²) in [6.45, 7) is 6.47. The smallest absolute Gasteiger partial charge is 0.211 e. The Morgan fingerprint density at radius 1 is 1.42 bits per heavy atom. The van der Waals surface area contributed by atoms with Gasteiger partial charge in [-0.05, 0) is 31.5 Å². The average Bonchev–Trinajstić information content (AvgIpc) is 2.34. The number of pyridine rings is 1. The number of nitrogens with zero attached hydrogens (tertiary/aromatic N) is 2. The summed E-state index contributed by atoms with van der Waals surface area (Å²) >= 11 is 0. The Labute approximate surface area is 116 Å². The third kappa shape index (κ3) is 5.67. The number of hydrogen-bond donors (Lipinski definition) is 1. The second kappa shape index (κ2) is 7.57. The molecule has 0 amide bonds. The minimum atomic E-state index is -3.07. The highest BCUT2D eigenvalue weighted by Gasteiger charge is 2.12. The molecule has 0 aromatic carbocycles. The Morgan fingerprint density at radius 3 is 2.74 bits per heavy atom. The summed E-state index contributed by atoms with van der Waals surface area (Å²) in [7, 11) is -3.07. The lowest BCUT2D eigenvalue weighted by atomic mass is 10.2. The maximum atomic E-state index is 11.4. The van der Waals surface area contributed by atoms with Crippen molar-refractivity contribution in [2.45, 2.75) is 26.8 Å². The van der Waals surface area contributed by atoms with E-state index in [1.807, 2.05) is 26.0 Å². The van der Waals surface area contributed by atoms with Crippen LogP contribution < -0.4 is 5.32 Å². The molecule has 0 fully saturated rings. The molecule has 19 heavy (non-hydrogen) atoms. The molecule has 0 saturated heterocycles. The van der Waals surface area contributed by atoms with Gasteiger partial charge in [-0.15, -0.1) is 0 Å². The van der Waals surface area contributed by atoms with Crippen molar-refractivity contribution in [3.8, 4) is 0 Å². The number of rotatable bonds is 8. The van der Waals surface area contributed by atoms with Gasteiger partial charge in [-0.1, -0.05) is 13.0 Å². The second-order valence-electron chi connectivity index (χ2n) is 4.55. The fraction of sp³-hybridized carbons (Fsp3) is 0.615. The van der Waals surface area contributed by atoms with Crippen molar-refractivity contribution in [3.05, 3.63) is 29.6 Å². The topological polar surface area (TPSA) is 62.3 Å². The Bertz CT molecular complexity index is 488. The van der Waals surface area contributed by atoms with Gasteiger partial charge in [-0.3, -0.25) is 4.98 Å². The van der Waals surface area contributed by atoms with Gasteiger partial charge in [-0.25, -0.2) is 12.7 Å². The first-order valence-corrected chi connectivity index (χ1v) is 8.36. The summed E-state index contributed by atoms with van der Waals surface area (Å²) in [5, 5.41) is 3.29. The molecule has 6 heteroatoms. The highest BCUT2D eigenvalue weighted by molar-refractivity contribution is 7.88. The maximum Gasteiger partial charge on any atom is 0.211 e. The molecule has 0 atom stereocenters. The van der Waals surface area contributed by atoms with Crippen molar-refractivity contribution in [2.24, 2.45) is 0 Å². The Kier molecular flexibility index (Phi) is 6.41. The third-order valence-corrected chi connectivity index (χ3v) is 4.37. The van der Waals surface area contributed by atoms with E-state index in [0.29, 0.717) is 13.1 Å². The summed E-state index contributed by atoms with van der Waals surface area (Å²) in [5.74, 6) is 0. The first-order chi connectivity index (χ1) is 8.95. The van der Waals surface area contributed by atoms with Crippen LogP contribution in [0.25, 0.3) is 0 Å². The number of nitrogens with one attached hydrogen (secondary N) is 1. The van der Waals surface area contributed by atoms with Crippen molar-refractivity contribution in [1.29, 1.82) is 0 Å². The molecular formula is C13H23N3O2S. The van der Waals surface area contributed by atoms with E-state index in [1.54, 1.807) is 6.20 Å². The maximum absolute atomic E-state index is 11.4. The molecule has 1 aromatic heterocycles. The van der Waals surface area contributed by atoms with Crippen LogP contribution in [0.2, 0.25) is 0 Å². The van der Waals surface area contributed by atoms with Crippen LogP contribution in [0.3, 0.4) is 0 Å². The van der Waals surface area contributed by atoms with Crippen molar-refractivity contribution in [2.75, 3.05) is 25.9 Å². The molecular weight excluding hydrogens is 262 g/mol. The van der Waals surface area contributed by atoms with Crippen LogP contribution in [0.1, 0.15) is 24.6 Å². The summed E-state index contributed by atoms with van der Waals surface area (Å²) in [6.07, 6.45) is 3.83. The van der Waals surface area contributed by atoms with Gasteiger partial charge >= 0.3 is 0 Å². The molecule has 1 rings (SSSR count). The molecule has 1 aromatic rings. The molecule has 0 radical (unpaired) electrons. The number of sulfonamides is 1. The fourth-order valence-corrected chi connectivity index (χ4v) is 2.78. The van der Waals surface area contributed by atoms with Gasteiger partial charge in [0.2, 0.25) is 10.0 Å². The third-order valence-electron chi connectivity index (χ3n) is 2.99. The van der Waals surface area contributed by atoms with Crippen LogP contribution in [0, 0.1) is 6.92 Å². The first-order valence-electron chi connectivity index (χ1n) is 6.51. The zero-order chi connectivity index (χ0) is 14.3. The van der Waals surface area contributed by atoms with E-state index in [9.17, 15) is 8.42 Å². The van der Waals surface area contributed by atoms with Crippen molar-refractivity contribution in [3.63, 3.8) is 0 Å². The molecule has 108 valence electrons. The van der Waals surface area contributed by atoms with Gasteiger partial charge in [-0.2, -0.15) is 0 Å². The molecule has 0 unspecified atom stereocenters. The predicted molar refractivity (Wildman–Crippen MR) is 77.4 cm³/mol. The van der Waals surface area contributed by atoms with Gasteiger partial charge in [0.25, 0.3) is 0 Å². The molecule has 0 saturated carbocycles. The normalized spacial score (nSPS) is 12.0. The van der Waals surface area contributed by atoms with E-state index < -0.39 is 10.0 Å². The molecule has 0 spiro atoms. The first kappa shape index (κ1) is 16.1. The van der Waals surface area contributed by atoms with Gasteiger partial charge in [0.15, 0.2) is 0 Å². The molecule has 0 aliphatic rings. The van der Waals surface area contributed by atoms with E-state index in [0.717, 1.165) is 25.2 Å². The Hall–Kier alpha value is -0.980. The fourth-order valence-electron chi connectivity index (χ4n) is 1.85. The average molecular weight is 285 g/mol. The zero-order valence-corrected chi connectivity index (χ0v) is 12.7. The monoisotopic (exact) mass is 285 g/mol. The minimum absolute atomic E-state index is 0.526. The quantitative estimate of drug-likeness (QED) is 0.728. The van der Waals surface area contributed by atoms with Crippen LogP contribution in [0.15, 0.2) is 18.3 Å². The van der Waals surface area contributed by atoms with E-state index in [1.165, 1.54) is 16.1 Å². The van der Waals surface area contributed by atoms with Crippen molar-refractivity contribution in [1.82, 2.24) is 14.6 Å². The highest BCUT2D eigenvalue weighted by atomic mass is 32.2. The van der Waals surface area contributed by atoms with Crippen LogP contribution in [0.4, 0.5) is 0 Å². The van der Waals surface area contributed by atoms with Crippen LogP contribution in [0.5, 0.6) is 0 Å². The Morgan fingerprint density at radius 2 is 2.16 bits per heavy atom. The largest absolute Gasteiger partial charge is 0.311 e. The van der Waals surface area contributed by atoms with Crippen molar-refractivity contribution >= 4 is 10.0 Å². The molecule has 0 aliphatic heterocycles. The summed E-state index contributed by atoms with van der Waals surface area (Å²) in [4.78, 5) is 4.30. The van der Waals surface area contributed by atoms with Gasteiger partial charge in [0, 0.05) is 25.8 Å². The molecule has 5 nitrogen and oxygen atoms in total. The van der Waals surface area contributed by atoms with Crippen molar-refractivity contribution < 1.29 is 8.42 Å². The molecule has 1 N–H and O–H groups in total. The van der Waals surface area contributed by atoms with E-state index in [4.69, 9.17) is 0 Å².